The fourth-order valence-corrected chi connectivity index (χ4v) is 3.06. The van der Waals surface area contributed by atoms with Crippen LogP contribution in [0.5, 0.6) is 0 Å². The normalized spacial score (nSPS) is 19.6. The van der Waals surface area contributed by atoms with Crippen LogP contribution in [0.25, 0.3) is 0 Å². The van der Waals surface area contributed by atoms with Crippen molar-refractivity contribution in [1.29, 1.82) is 0 Å². The summed E-state index contributed by atoms with van der Waals surface area (Å²) in [5, 5.41) is 10.4. The number of anilines is 1. The van der Waals surface area contributed by atoms with Crippen LogP contribution >= 0.6 is 0 Å². The molecule has 23 heavy (non-hydrogen) atoms. The number of nitrogens with zero attached hydrogens (tertiary/aromatic N) is 4. The van der Waals surface area contributed by atoms with Crippen molar-refractivity contribution in [2.24, 2.45) is 0 Å². The Hall–Kier alpha value is -1.98. The zero-order valence-corrected chi connectivity index (χ0v) is 13.8. The second-order valence-electron chi connectivity index (χ2n) is 6.24. The van der Waals surface area contributed by atoms with E-state index in [1.807, 2.05) is 19.9 Å². The molecule has 1 aromatic carbocycles. The first-order chi connectivity index (χ1) is 11.1. The van der Waals surface area contributed by atoms with Gasteiger partial charge < -0.3 is 10.0 Å². The van der Waals surface area contributed by atoms with Gasteiger partial charge >= 0.3 is 0 Å². The topological polar surface area (TPSA) is 52.5 Å². The largest absolute Gasteiger partial charge is 0.390 e. The van der Waals surface area contributed by atoms with E-state index in [1.54, 1.807) is 6.20 Å². The summed E-state index contributed by atoms with van der Waals surface area (Å²) in [5.41, 5.74) is 3.10. The monoisotopic (exact) mass is 312 g/mol. The van der Waals surface area contributed by atoms with E-state index in [0.717, 1.165) is 36.8 Å². The molecule has 0 radical (unpaired) electrons. The van der Waals surface area contributed by atoms with E-state index in [9.17, 15) is 5.11 Å². The molecule has 3 rings (SSSR count). The van der Waals surface area contributed by atoms with Gasteiger partial charge in [0.05, 0.1) is 17.5 Å². The third-order valence-electron chi connectivity index (χ3n) is 4.19. The molecule has 122 valence electrons. The highest BCUT2D eigenvalue weighted by atomic mass is 16.3. The van der Waals surface area contributed by atoms with Crippen LogP contribution in [0.4, 0.5) is 5.82 Å². The third-order valence-corrected chi connectivity index (χ3v) is 4.19. The quantitative estimate of drug-likeness (QED) is 0.936. The van der Waals surface area contributed by atoms with Gasteiger partial charge in [0.25, 0.3) is 0 Å². The highest BCUT2D eigenvalue weighted by molar-refractivity contribution is 5.43. The molecule has 1 N–H and O–H groups in total. The van der Waals surface area contributed by atoms with Gasteiger partial charge in [0.1, 0.15) is 5.82 Å². The molecule has 1 fully saturated rings. The Morgan fingerprint density at radius 2 is 1.91 bits per heavy atom. The number of benzene rings is 1. The van der Waals surface area contributed by atoms with Gasteiger partial charge in [-0.3, -0.25) is 9.88 Å². The summed E-state index contributed by atoms with van der Waals surface area (Å²) in [4.78, 5) is 13.5. The maximum Gasteiger partial charge on any atom is 0.150 e. The smallest absolute Gasteiger partial charge is 0.150 e. The lowest BCUT2D eigenvalue weighted by atomic mass is 10.2. The molecule has 5 heteroatoms. The molecule has 2 heterocycles. The Balaban J connectivity index is 1.72. The maximum atomic E-state index is 10.4. The summed E-state index contributed by atoms with van der Waals surface area (Å²) >= 11 is 0. The van der Waals surface area contributed by atoms with Crippen LogP contribution < -0.4 is 4.90 Å². The van der Waals surface area contributed by atoms with Crippen molar-refractivity contribution >= 4 is 5.82 Å². The molecule has 0 amide bonds. The number of hydrogen-bond acceptors (Lipinski definition) is 5. The average Bonchev–Trinajstić information content (AvgIpc) is 2.72. The van der Waals surface area contributed by atoms with Gasteiger partial charge in [-0.2, -0.15) is 0 Å². The van der Waals surface area contributed by atoms with E-state index in [0.29, 0.717) is 13.1 Å². The standard InChI is InChI=1S/C18H24N4O/c1-14-10-19-15(2)18(20-14)22-9-8-21(12-17(23)13-22)11-16-6-4-3-5-7-16/h3-7,10,17,23H,8-9,11-13H2,1-2H3/t17-/m0/s1. The molecule has 0 aliphatic carbocycles. The summed E-state index contributed by atoms with van der Waals surface area (Å²) < 4.78 is 0. The summed E-state index contributed by atoms with van der Waals surface area (Å²) in [6.45, 7) is 7.83. The van der Waals surface area contributed by atoms with Crippen LogP contribution in [-0.4, -0.2) is 52.3 Å². The van der Waals surface area contributed by atoms with Gasteiger partial charge in [0.2, 0.25) is 0 Å². The van der Waals surface area contributed by atoms with Crippen LogP contribution in [0.3, 0.4) is 0 Å². The molecule has 1 aliphatic rings. The number of aromatic nitrogens is 2. The molecular weight excluding hydrogens is 288 g/mol. The van der Waals surface area contributed by atoms with Crippen molar-refractivity contribution in [3.63, 3.8) is 0 Å². The summed E-state index contributed by atoms with van der Waals surface area (Å²) in [7, 11) is 0. The van der Waals surface area contributed by atoms with Gasteiger partial charge in [0, 0.05) is 38.9 Å². The van der Waals surface area contributed by atoms with E-state index < -0.39 is 0 Å². The highest BCUT2D eigenvalue weighted by Gasteiger charge is 2.23. The van der Waals surface area contributed by atoms with Crippen molar-refractivity contribution in [3.05, 3.63) is 53.5 Å². The molecule has 2 aromatic rings. The molecule has 0 spiro atoms. The summed E-state index contributed by atoms with van der Waals surface area (Å²) in [6.07, 6.45) is 1.40. The SMILES string of the molecule is Cc1cnc(C)c(N2CCN(Cc3ccccc3)C[C@H](O)C2)n1. The number of aliphatic hydroxyl groups is 1. The van der Waals surface area contributed by atoms with Gasteiger partial charge in [-0.25, -0.2) is 4.98 Å². The maximum absolute atomic E-state index is 10.4. The summed E-state index contributed by atoms with van der Waals surface area (Å²) in [6, 6.07) is 10.4. The van der Waals surface area contributed by atoms with Crippen LogP contribution in [0.1, 0.15) is 17.0 Å². The van der Waals surface area contributed by atoms with Crippen molar-refractivity contribution in [2.75, 3.05) is 31.1 Å². The minimum absolute atomic E-state index is 0.386. The molecule has 1 aliphatic heterocycles. The first kappa shape index (κ1) is 15.9. The molecule has 0 bridgehead atoms. The van der Waals surface area contributed by atoms with Crippen LogP contribution in [0.2, 0.25) is 0 Å². The van der Waals surface area contributed by atoms with Crippen LogP contribution in [-0.2, 0) is 6.54 Å². The summed E-state index contributed by atoms with van der Waals surface area (Å²) in [5.74, 6) is 0.894. The molecular formula is C18H24N4O. The molecule has 5 nitrogen and oxygen atoms in total. The highest BCUT2D eigenvalue weighted by Crippen LogP contribution is 2.18. The minimum Gasteiger partial charge on any atom is -0.390 e. The Morgan fingerprint density at radius 3 is 2.70 bits per heavy atom. The van der Waals surface area contributed by atoms with Crippen molar-refractivity contribution in [3.8, 4) is 0 Å². The van der Waals surface area contributed by atoms with Gasteiger partial charge in [-0.05, 0) is 19.4 Å². The predicted molar refractivity (Wildman–Crippen MR) is 91.4 cm³/mol. The molecule has 0 saturated carbocycles. The van der Waals surface area contributed by atoms with E-state index in [4.69, 9.17) is 0 Å². The van der Waals surface area contributed by atoms with Gasteiger partial charge in [-0.1, -0.05) is 30.3 Å². The molecule has 1 aromatic heterocycles. The van der Waals surface area contributed by atoms with Crippen molar-refractivity contribution < 1.29 is 5.11 Å². The zero-order valence-electron chi connectivity index (χ0n) is 13.8. The van der Waals surface area contributed by atoms with E-state index in [-0.39, 0.29) is 6.10 Å². The Labute approximate surface area is 137 Å². The number of aryl methyl sites for hydroxylation is 2. The second kappa shape index (κ2) is 7.06. The number of aliphatic hydroxyl groups excluding tert-OH is 1. The van der Waals surface area contributed by atoms with Crippen molar-refractivity contribution in [1.82, 2.24) is 14.9 Å². The number of β-amino-alcohol motifs (C(OH)–C–C–N with tert-alkyl or cyclic N) is 1. The fraction of sp³-hybridized carbons (Fsp3) is 0.444. The predicted octanol–water partition coefficient (Wildman–Crippen LogP) is 1.78. The Kier molecular flexibility index (Phi) is 4.88. The third kappa shape index (κ3) is 4.06. The first-order valence-corrected chi connectivity index (χ1v) is 8.11. The first-order valence-electron chi connectivity index (χ1n) is 8.11. The Morgan fingerprint density at radius 1 is 1.13 bits per heavy atom. The van der Waals surface area contributed by atoms with E-state index >= 15 is 0 Å². The van der Waals surface area contributed by atoms with Crippen LogP contribution in [0, 0.1) is 13.8 Å². The van der Waals surface area contributed by atoms with Gasteiger partial charge in [0.15, 0.2) is 0 Å². The molecule has 0 unspecified atom stereocenters. The zero-order chi connectivity index (χ0) is 16.2. The van der Waals surface area contributed by atoms with Gasteiger partial charge in [-0.15, -0.1) is 0 Å². The second-order valence-corrected chi connectivity index (χ2v) is 6.24. The van der Waals surface area contributed by atoms with Crippen molar-refractivity contribution in [2.45, 2.75) is 26.5 Å². The number of rotatable bonds is 3. The fourth-order valence-electron chi connectivity index (χ4n) is 3.06. The molecule has 1 atom stereocenters. The number of hydrogen-bond donors (Lipinski definition) is 1. The lowest BCUT2D eigenvalue weighted by molar-refractivity contribution is 0.129. The van der Waals surface area contributed by atoms with E-state index in [2.05, 4.69) is 44.0 Å². The molecule has 1 saturated heterocycles. The average molecular weight is 312 g/mol. The van der Waals surface area contributed by atoms with Crippen LogP contribution in [0.15, 0.2) is 36.5 Å². The minimum atomic E-state index is -0.386. The lowest BCUT2D eigenvalue weighted by Gasteiger charge is -2.24. The van der Waals surface area contributed by atoms with E-state index in [1.165, 1.54) is 5.56 Å². The Bertz CT molecular complexity index is 647. The lowest BCUT2D eigenvalue weighted by Crippen LogP contribution is -2.34.